The first-order valence-electron chi connectivity index (χ1n) is 3.81. The van der Waals surface area contributed by atoms with E-state index in [9.17, 15) is 9.59 Å². The van der Waals surface area contributed by atoms with Crippen LogP contribution in [-0.4, -0.2) is 22.0 Å². The number of Topliss-reactive ketones (excluding diaryl/α,β-unsaturated/α-hetero) is 2. The molecule has 0 spiro atoms. The van der Waals surface area contributed by atoms with E-state index in [4.69, 9.17) is 12.2 Å². The smallest absolute Gasteiger partial charge is 0.207 e. The van der Waals surface area contributed by atoms with Crippen molar-refractivity contribution in [3.8, 4) is 0 Å². The van der Waals surface area contributed by atoms with Crippen LogP contribution in [-0.2, 0) is 9.59 Å². The standard InChI is InChI=1S/C8H10O2S2/c1-12-8(11)5-3-2-4-6(9)7(5)10/h5H,2-4H2,1H3. The Balaban J connectivity index is 2.70. The second-order valence-corrected chi connectivity index (χ2v) is 4.30. The van der Waals surface area contributed by atoms with Crippen molar-refractivity contribution < 1.29 is 9.59 Å². The molecule has 0 bridgehead atoms. The molecule has 0 aromatic heterocycles. The van der Waals surface area contributed by atoms with Crippen LogP contribution in [0.3, 0.4) is 0 Å². The van der Waals surface area contributed by atoms with Gasteiger partial charge in [0.1, 0.15) is 0 Å². The second kappa shape index (κ2) is 4.14. The third-order valence-corrected chi connectivity index (χ3v) is 3.45. The van der Waals surface area contributed by atoms with Crippen molar-refractivity contribution >= 4 is 39.7 Å². The van der Waals surface area contributed by atoms with Gasteiger partial charge < -0.3 is 0 Å². The van der Waals surface area contributed by atoms with E-state index in [1.807, 2.05) is 6.26 Å². The van der Waals surface area contributed by atoms with Gasteiger partial charge in [0.05, 0.1) is 10.1 Å². The number of thioether (sulfide) groups is 1. The summed E-state index contributed by atoms with van der Waals surface area (Å²) in [6.45, 7) is 0. The number of hydrogen-bond donors (Lipinski definition) is 0. The molecule has 1 aliphatic rings. The Bertz CT molecular complexity index is 235. The van der Waals surface area contributed by atoms with Crippen LogP contribution in [0.5, 0.6) is 0 Å². The molecule has 12 heavy (non-hydrogen) atoms. The summed E-state index contributed by atoms with van der Waals surface area (Å²) >= 11 is 6.39. The fourth-order valence-corrected chi connectivity index (χ4v) is 2.02. The molecule has 0 saturated heterocycles. The lowest BCUT2D eigenvalue weighted by atomic mass is 9.88. The van der Waals surface area contributed by atoms with Gasteiger partial charge in [0.15, 0.2) is 5.78 Å². The number of carbonyl (C=O) groups excluding carboxylic acids is 2. The van der Waals surface area contributed by atoms with Crippen LogP contribution in [0.2, 0.25) is 0 Å². The van der Waals surface area contributed by atoms with E-state index >= 15 is 0 Å². The van der Waals surface area contributed by atoms with E-state index in [-0.39, 0.29) is 17.5 Å². The van der Waals surface area contributed by atoms with Crippen LogP contribution >= 0.6 is 24.0 Å². The summed E-state index contributed by atoms with van der Waals surface area (Å²) in [7, 11) is 0. The fraction of sp³-hybridized carbons (Fsp3) is 0.625. The molecule has 0 aromatic carbocycles. The van der Waals surface area contributed by atoms with Crippen LogP contribution in [0.25, 0.3) is 0 Å². The van der Waals surface area contributed by atoms with Crippen molar-refractivity contribution in [1.82, 2.24) is 0 Å². The van der Waals surface area contributed by atoms with Crippen LogP contribution in [0.4, 0.5) is 0 Å². The average Bonchev–Trinajstić information content (AvgIpc) is 2.08. The summed E-state index contributed by atoms with van der Waals surface area (Å²) in [5.41, 5.74) is 0. The van der Waals surface area contributed by atoms with E-state index in [1.54, 1.807) is 0 Å². The van der Waals surface area contributed by atoms with Crippen LogP contribution in [0.1, 0.15) is 19.3 Å². The molecule has 0 heterocycles. The first kappa shape index (κ1) is 9.86. The predicted molar refractivity (Wildman–Crippen MR) is 53.5 cm³/mol. The summed E-state index contributed by atoms with van der Waals surface area (Å²) in [5.74, 6) is -0.806. The quantitative estimate of drug-likeness (QED) is 0.478. The second-order valence-electron chi connectivity index (χ2n) is 2.76. The largest absolute Gasteiger partial charge is 0.291 e. The maximum Gasteiger partial charge on any atom is 0.207 e. The summed E-state index contributed by atoms with van der Waals surface area (Å²) in [6.07, 6.45) is 3.81. The lowest BCUT2D eigenvalue weighted by Crippen LogP contribution is -2.31. The molecular formula is C8H10O2S2. The van der Waals surface area contributed by atoms with Gasteiger partial charge in [-0.25, -0.2) is 0 Å². The molecule has 4 heteroatoms. The molecule has 0 radical (unpaired) electrons. The van der Waals surface area contributed by atoms with Gasteiger partial charge >= 0.3 is 0 Å². The molecule has 1 fully saturated rings. The first-order chi connectivity index (χ1) is 5.66. The lowest BCUT2D eigenvalue weighted by Gasteiger charge is -2.18. The van der Waals surface area contributed by atoms with E-state index in [0.29, 0.717) is 10.6 Å². The molecule has 0 aliphatic heterocycles. The van der Waals surface area contributed by atoms with Crippen molar-refractivity contribution in [1.29, 1.82) is 0 Å². The predicted octanol–water partition coefficient (Wildman–Crippen LogP) is 1.62. The number of rotatable bonds is 1. The first-order valence-corrected chi connectivity index (χ1v) is 5.45. The van der Waals surface area contributed by atoms with Gasteiger partial charge in [-0.15, -0.1) is 11.8 Å². The van der Waals surface area contributed by atoms with Gasteiger partial charge in [-0.05, 0) is 19.1 Å². The maximum absolute atomic E-state index is 11.3. The summed E-state index contributed by atoms with van der Waals surface area (Å²) in [5, 5.41) is 0. The van der Waals surface area contributed by atoms with Crippen LogP contribution in [0, 0.1) is 5.92 Å². The molecule has 2 nitrogen and oxygen atoms in total. The van der Waals surface area contributed by atoms with Gasteiger partial charge in [-0.2, -0.15) is 0 Å². The van der Waals surface area contributed by atoms with Crippen molar-refractivity contribution in [3.05, 3.63) is 0 Å². The number of thiocarbonyl (C=S) groups is 1. The maximum atomic E-state index is 11.3. The molecule has 1 unspecified atom stereocenters. The van der Waals surface area contributed by atoms with Gasteiger partial charge in [0.25, 0.3) is 0 Å². The summed E-state index contributed by atoms with van der Waals surface area (Å²) < 4.78 is 0.660. The number of ketones is 2. The van der Waals surface area contributed by atoms with Gasteiger partial charge in [0, 0.05) is 6.42 Å². The van der Waals surface area contributed by atoms with Crippen molar-refractivity contribution in [2.24, 2.45) is 5.92 Å². The van der Waals surface area contributed by atoms with Crippen LogP contribution < -0.4 is 0 Å². The van der Waals surface area contributed by atoms with Crippen LogP contribution in [0.15, 0.2) is 0 Å². The molecule has 66 valence electrons. The SMILES string of the molecule is CSC(=S)C1CCCC(=O)C1=O. The minimum absolute atomic E-state index is 0.248. The molecule has 0 amide bonds. The van der Waals surface area contributed by atoms with E-state index in [0.717, 1.165) is 12.8 Å². The summed E-state index contributed by atoms with van der Waals surface area (Å²) in [4.78, 5) is 22.3. The van der Waals surface area contributed by atoms with E-state index in [1.165, 1.54) is 11.8 Å². The third kappa shape index (κ3) is 1.93. The van der Waals surface area contributed by atoms with Crippen molar-refractivity contribution in [2.75, 3.05) is 6.26 Å². The molecule has 1 rings (SSSR count). The zero-order chi connectivity index (χ0) is 9.14. The Labute approximate surface area is 81.1 Å². The lowest BCUT2D eigenvalue weighted by molar-refractivity contribution is -0.139. The highest BCUT2D eigenvalue weighted by atomic mass is 32.2. The van der Waals surface area contributed by atoms with E-state index < -0.39 is 0 Å². The summed E-state index contributed by atoms with van der Waals surface area (Å²) in [6, 6.07) is 0. The topological polar surface area (TPSA) is 34.1 Å². The third-order valence-electron chi connectivity index (χ3n) is 1.97. The normalized spacial score (nSPS) is 24.2. The monoisotopic (exact) mass is 202 g/mol. The molecule has 0 aromatic rings. The van der Waals surface area contributed by atoms with Gasteiger partial charge in [0.2, 0.25) is 5.78 Å². The zero-order valence-corrected chi connectivity index (χ0v) is 8.46. The average molecular weight is 202 g/mol. The highest BCUT2D eigenvalue weighted by Gasteiger charge is 2.31. The fourth-order valence-electron chi connectivity index (χ4n) is 1.28. The Kier molecular flexibility index (Phi) is 3.40. The number of hydrogen-bond acceptors (Lipinski definition) is 4. The minimum atomic E-state index is -0.281. The van der Waals surface area contributed by atoms with Gasteiger partial charge in [-0.3, -0.25) is 9.59 Å². The molecular weight excluding hydrogens is 192 g/mol. The number of carbonyl (C=O) groups is 2. The Morgan fingerprint density at radius 1 is 1.58 bits per heavy atom. The Morgan fingerprint density at radius 2 is 2.25 bits per heavy atom. The molecule has 0 N–H and O–H groups in total. The minimum Gasteiger partial charge on any atom is -0.291 e. The molecule has 1 saturated carbocycles. The van der Waals surface area contributed by atoms with Crippen molar-refractivity contribution in [2.45, 2.75) is 19.3 Å². The van der Waals surface area contributed by atoms with Gasteiger partial charge in [-0.1, -0.05) is 12.2 Å². The Morgan fingerprint density at radius 3 is 2.83 bits per heavy atom. The zero-order valence-electron chi connectivity index (χ0n) is 6.83. The highest BCUT2D eigenvalue weighted by Crippen LogP contribution is 2.23. The highest BCUT2D eigenvalue weighted by molar-refractivity contribution is 8.22. The Hall–Kier alpha value is -0.220. The molecule has 1 aliphatic carbocycles. The van der Waals surface area contributed by atoms with Crippen molar-refractivity contribution in [3.63, 3.8) is 0 Å². The molecule has 1 atom stereocenters. The van der Waals surface area contributed by atoms with E-state index in [2.05, 4.69) is 0 Å².